The molecule has 0 atom stereocenters. The largest absolute Gasteiger partial charge is 0.281 e. The van der Waals surface area contributed by atoms with Gasteiger partial charge in [-0.2, -0.15) is 15.6 Å². The summed E-state index contributed by atoms with van der Waals surface area (Å²) in [5, 5.41) is 7.39. The molecule has 1 aliphatic heterocycles. The van der Waals surface area contributed by atoms with Crippen LogP contribution in [0.2, 0.25) is 0 Å². The van der Waals surface area contributed by atoms with E-state index in [1.165, 1.54) is 0 Å². The number of rotatable bonds is 3. The van der Waals surface area contributed by atoms with Crippen LogP contribution in [0.3, 0.4) is 0 Å². The first kappa shape index (κ1) is 11.5. The summed E-state index contributed by atoms with van der Waals surface area (Å²) >= 11 is 5.24. The summed E-state index contributed by atoms with van der Waals surface area (Å²) in [7, 11) is 0. The smallest absolute Gasteiger partial charge is 0.231 e. The quantitative estimate of drug-likeness (QED) is 0.644. The first-order chi connectivity index (χ1) is 8.25. The Kier molecular flexibility index (Phi) is 3.62. The third kappa shape index (κ3) is 3.22. The molecule has 0 bridgehead atoms. The van der Waals surface area contributed by atoms with Gasteiger partial charge in [0.25, 0.3) is 0 Å². The number of halogens is 1. The fourth-order valence-corrected chi connectivity index (χ4v) is 1.36. The van der Waals surface area contributed by atoms with Crippen LogP contribution in [-0.4, -0.2) is 26.3 Å². The molecule has 17 heavy (non-hydrogen) atoms. The highest BCUT2D eigenvalue weighted by atomic mass is 35.5. The van der Waals surface area contributed by atoms with Crippen LogP contribution in [0.4, 0.5) is 0 Å². The second-order valence-corrected chi connectivity index (χ2v) is 3.72. The van der Waals surface area contributed by atoms with Crippen molar-refractivity contribution in [3.63, 3.8) is 0 Å². The van der Waals surface area contributed by atoms with Gasteiger partial charge in [-0.15, -0.1) is 0 Å². The number of carbonyl (C=O) groups is 1. The van der Waals surface area contributed by atoms with Gasteiger partial charge < -0.3 is 0 Å². The van der Waals surface area contributed by atoms with Crippen LogP contribution >= 0.6 is 11.6 Å². The number of carbonyl (C=O) groups excluding carboxylic acids is 1. The molecule has 0 fully saturated rings. The number of hydrogen-bond acceptors (Lipinski definition) is 4. The molecule has 1 N–H and O–H groups in total. The van der Waals surface area contributed by atoms with E-state index in [9.17, 15) is 4.79 Å². The molecule has 2 rings (SSSR count). The highest BCUT2D eigenvalue weighted by Gasteiger charge is 2.09. The van der Waals surface area contributed by atoms with E-state index in [1.54, 1.807) is 29.5 Å². The number of nitrogens with one attached hydrogen (secondary N) is 1. The van der Waals surface area contributed by atoms with Gasteiger partial charge in [-0.25, -0.2) is 0 Å². The molecule has 1 aromatic heterocycles. The molecule has 2 heterocycles. The Morgan fingerprint density at radius 2 is 2.47 bits per heavy atom. The van der Waals surface area contributed by atoms with Crippen LogP contribution in [0.15, 0.2) is 36.8 Å². The third-order valence-corrected chi connectivity index (χ3v) is 2.25. The molecular formula is C11H10ClN4O+. The van der Waals surface area contributed by atoms with Crippen LogP contribution in [-0.2, 0) is 4.79 Å². The van der Waals surface area contributed by atoms with Crippen molar-refractivity contribution in [2.24, 2.45) is 0 Å². The molecule has 0 saturated carbocycles. The first-order valence-corrected chi connectivity index (χ1v) is 5.36. The van der Waals surface area contributed by atoms with Crippen molar-refractivity contribution in [2.75, 3.05) is 0 Å². The highest BCUT2D eigenvalue weighted by Crippen LogP contribution is 2.12. The van der Waals surface area contributed by atoms with Crippen molar-refractivity contribution in [3.8, 4) is 0 Å². The summed E-state index contributed by atoms with van der Waals surface area (Å²) in [5.74, 6) is 0. The topological polar surface area (TPSA) is 57.9 Å². The summed E-state index contributed by atoms with van der Waals surface area (Å²) < 4.78 is 1.65. The predicted molar refractivity (Wildman–Crippen MR) is 64.1 cm³/mol. The van der Waals surface area contributed by atoms with E-state index < -0.39 is 5.24 Å². The molecule has 0 aromatic carbocycles. The van der Waals surface area contributed by atoms with Crippen LogP contribution in [0.5, 0.6) is 0 Å². The molecule has 1 aromatic rings. The van der Waals surface area contributed by atoms with Crippen molar-refractivity contribution in [1.82, 2.24) is 15.6 Å². The van der Waals surface area contributed by atoms with Gasteiger partial charge in [0.2, 0.25) is 5.24 Å². The lowest BCUT2D eigenvalue weighted by Crippen LogP contribution is -2.23. The highest BCUT2D eigenvalue weighted by molar-refractivity contribution is 6.64. The Hall–Kier alpha value is -2.01. The van der Waals surface area contributed by atoms with E-state index in [4.69, 9.17) is 11.6 Å². The van der Waals surface area contributed by atoms with Gasteiger partial charge in [0.1, 0.15) is 6.42 Å². The molecule has 0 amide bonds. The Labute approximate surface area is 103 Å². The van der Waals surface area contributed by atoms with Crippen LogP contribution < -0.4 is 5.43 Å². The number of hydrogen-bond donors (Lipinski definition) is 1. The SMILES string of the molecule is O=C(Cl)CC=[N+]1C=CC(c2cccnn2)=CN1. The van der Waals surface area contributed by atoms with E-state index in [1.807, 2.05) is 18.2 Å². The second-order valence-electron chi connectivity index (χ2n) is 3.30. The van der Waals surface area contributed by atoms with Gasteiger partial charge in [-0.3, -0.25) is 4.79 Å². The van der Waals surface area contributed by atoms with E-state index in [0.29, 0.717) is 0 Å². The monoisotopic (exact) mass is 249 g/mol. The maximum absolute atomic E-state index is 10.6. The van der Waals surface area contributed by atoms with Crippen molar-refractivity contribution in [2.45, 2.75) is 6.42 Å². The summed E-state index contributed by atoms with van der Waals surface area (Å²) in [6.07, 6.45) is 8.87. The second kappa shape index (κ2) is 5.36. The number of hydrazone groups is 1. The fourth-order valence-electron chi connectivity index (χ4n) is 1.29. The average molecular weight is 250 g/mol. The van der Waals surface area contributed by atoms with Gasteiger partial charge in [-0.05, 0) is 23.7 Å². The molecule has 6 heteroatoms. The van der Waals surface area contributed by atoms with Crippen molar-refractivity contribution < 1.29 is 9.48 Å². The van der Waals surface area contributed by atoms with E-state index in [-0.39, 0.29) is 6.42 Å². The molecule has 5 nitrogen and oxygen atoms in total. The lowest BCUT2D eigenvalue weighted by molar-refractivity contribution is -0.507. The van der Waals surface area contributed by atoms with Crippen LogP contribution in [0.25, 0.3) is 5.57 Å². The van der Waals surface area contributed by atoms with E-state index >= 15 is 0 Å². The van der Waals surface area contributed by atoms with E-state index in [2.05, 4.69) is 15.6 Å². The molecular weight excluding hydrogens is 240 g/mol. The molecule has 1 aliphatic rings. The standard InChI is InChI=1S/C11H10ClN4O/c12-11(17)4-7-16-6-3-9(8-14-16)10-2-1-5-13-15-10/h1-3,5-8,14H,4H2/q+1. The lowest BCUT2D eigenvalue weighted by Gasteiger charge is -2.04. The van der Waals surface area contributed by atoms with Crippen molar-refractivity contribution >= 4 is 28.6 Å². The van der Waals surface area contributed by atoms with Crippen molar-refractivity contribution in [3.05, 3.63) is 42.5 Å². The summed E-state index contributed by atoms with van der Waals surface area (Å²) in [6.45, 7) is 0. The van der Waals surface area contributed by atoms with Crippen LogP contribution in [0.1, 0.15) is 12.1 Å². The zero-order chi connectivity index (χ0) is 12.1. The number of allylic oxidation sites excluding steroid dienone is 2. The Morgan fingerprint density at radius 1 is 1.59 bits per heavy atom. The van der Waals surface area contributed by atoms with Gasteiger partial charge in [0.05, 0.1) is 11.9 Å². The fraction of sp³-hybridized carbons (Fsp3) is 0.0909. The lowest BCUT2D eigenvalue weighted by atomic mass is 10.2. The molecule has 86 valence electrons. The summed E-state index contributed by atoms with van der Waals surface area (Å²) in [5.41, 5.74) is 4.67. The summed E-state index contributed by atoms with van der Waals surface area (Å²) in [6, 6.07) is 3.69. The molecule has 0 unspecified atom stereocenters. The van der Waals surface area contributed by atoms with Gasteiger partial charge in [0, 0.05) is 17.8 Å². The Balaban J connectivity index is 2.07. The maximum atomic E-state index is 10.6. The van der Waals surface area contributed by atoms with Crippen LogP contribution in [0, 0.1) is 0 Å². The first-order valence-electron chi connectivity index (χ1n) is 4.98. The number of hydrazine groups is 1. The van der Waals surface area contributed by atoms with E-state index in [0.717, 1.165) is 11.3 Å². The van der Waals surface area contributed by atoms with Gasteiger partial charge >= 0.3 is 0 Å². The molecule has 0 spiro atoms. The minimum Gasteiger partial charge on any atom is -0.281 e. The number of nitrogens with zero attached hydrogens (tertiary/aromatic N) is 3. The summed E-state index contributed by atoms with van der Waals surface area (Å²) in [4.78, 5) is 10.6. The Morgan fingerprint density at radius 3 is 3.06 bits per heavy atom. The zero-order valence-corrected chi connectivity index (χ0v) is 9.63. The predicted octanol–water partition coefficient (Wildman–Crippen LogP) is 1.09. The normalized spacial score (nSPS) is 16.5. The molecule has 0 radical (unpaired) electrons. The van der Waals surface area contributed by atoms with Crippen molar-refractivity contribution in [1.29, 1.82) is 0 Å². The number of aromatic nitrogens is 2. The zero-order valence-electron chi connectivity index (χ0n) is 8.88. The minimum atomic E-state index is -0.399. The Bertz CT molecular complexity index is 507. The average Bonchev–Trinajstić information content (AvgIpc) is 2.38. The maximum Gasteiger partial charge on any atom is 0.231 e. The minimum absolute atomic E-state index is 0.174. The molecule has 0 saturated heterocycles. The van der Waals surface area contributed by atoms with Gasteiger partial charge in [-0.1, -0.05) is 4.68 Å². The molecule has 0 aliphatic carbocycles. The van der Waals surface area contributed by atoms with Gasteiger partial charge in [0.15, 0.2) is 12.4 Å². The third-order valence-electron chi connectivity index (χ3n) is 2.10.